The first kappa shape index (κ1) is 13.2. The highest BCUT2D eigenvalue weighted by Gasteiger charge is 2.08. The molecule has 1 heterocycles. The van der Waals surface area contributed by atoms with E-state index in [0.29, 0.717) is 0 Å². The molecule has 96 valence electrons. The van der Waals surface area contributed by atoms with Gasteiger partial charge in [-0.05, 0) is 12.1 Å². The lowest BCUT2D eigenvalue weighted by Crippen LogP contribution is -2.04. The predicted molar refractivity (Wildman–Crippen MR) is 79.1 cm³/mol. The van der Waals surface area contributed by atoms with Crippen LogP contribution < -0.4 is 5.32 Å². The van der Waals surface area contributed by atoms with E-state index in [-0.39, 0.29) is 11.9 Å². The van der Waals surface area contributed by atoms with Crippen LogP contribution in [0.25, 0.3) is 10.9 Å². The SMILES string of the molecule is CNc1nc2ccccc2cc1CSC(C)CO. The minimum Gasteiger partial charge on any atom is -0.395 e. The summed E-state index contributed by atoms with van der Waals surface area (Å²) in [5, 5.41) is 13.6. The van der Waals surface area contributed by atoms with E-state index < -0.39 is 0 Å². The van der Waals surface area contributed by atoms with E-state index >= 15 is 0 Å². The Balaban J connectivity index is 2.30. The Hall–Kier alpha value is -1.26. The molecule has 0 spiro atoms. The maximum atomic E-state index is 9.06. The maximum Gasteiger partial charge on any atom is 0.130 e. The van der Waals surface area contributed by atoms with E-state index in [9.17, 15) is 0 Å². The quantitative estimate of drug-likeness (QED) is 0.869. The first-order chi connectivity index (χ1) is 8.74. The van der Waals surface area contributed by atoms with Gasteiger partial charge in [-0.15, -0.1) is 0 Å². The molecule has 1 aromatic carbocycles. The summed E-state index contributed by atoms with van der Waals surface area (Å²) in [5.41, 5.74) is 2.19. The molecule has 1 unspecified atom stereocenters. The number of benzene rings is 1. The van der Waals surface area contributed by atoms with Gasteiger partial charge in [0.25, 0.3) is 0 Å². The number of pyridine rings is 1. The van der Waals surface area contributed by atoms with Crippen molar-refractivity contribution in [3.8, 4) is 0 Å². The zero-order valence-corrected chi connectivity index (χ0v) is 11.5. The van der Waals surface area contributed by atoms with Crippen LogP contribution in [0.1, 0.15) is 12.5 Å². The van der Waals surface area contributed by atoms with Gasteiger partial charge in [0.2, 0.25) is 0 Å². The number of hydrogen-bond donors (Lipinski definition) is 2. The fourth-order valence-electron chi connectivity index (χ4n) is 1.77. The number of aromatic nitrogens is 1. The highest BCUT2D eigenvalue weighted by atomic mass is 32.2. The summed E-state index contributed by atoms with van der Waals surface area (Å²) >= 11 is 1.74. The molecule has 0 aliphatic heterocycles. The van der Waals surface area contributed by atoms with Gasteiger partial charge in [0, 0.05) is 29.0 Å². The molecule has 2 rings (SSSR count). The van der Waals surface area contributed by atoms with Crippen LogP contribution in [-0.2, 0) is 5.75 Å². The molecule has 18 heavy (non-hydrogen) atoms. The fraction of sp³-hybridized carbons (Fsp3) is 0.357. The highest BCUT2D eigenvalue weighted by molar-refractivity contribution is 7.99. The maximum absolute atomic E-state index is 9.06. The lowest BCUT2D eigenvalue weighted by Gasteiger charge is -2.12. The Morgan fingerprint density at radius 3 is 2.89 bits per heavy atom. The van der Waals surface area contributed by atoms with Gasteiger partial charge in [-0.3, -0.25) is 0 Å². The van der Waals surface area contributed by atoms with Crippen molar-refractivity contribution in [1.29, 1.82) is 0 Å². The number of hydrogen-bond acceptors (Lipinski definition) is 4. The number of nitrogens with one attached hydrogen (secondary N) is 1. The summed E-state index contributed by atoms with van der Waals surface area (Å²) in [6.07, 6.45) is 0. The molecule has 0 saturated carbocycles. The zero-order chi connectivity index (χ0) is 13.0. The first-order valence-corrected chi connectivity index (χ1v) is 7.08. The monoisotopic (exact) mass is 262 g/mol. The van der Waals surface area contributed by atoms with E-state index in [1.165, 1.54) is 5.56 Å². The van der Waals surface area contributed by atoms with Gasteiger partial charge in [0.15, 0.2) is 0 Å². The van der Waals surface area contributed by atoms with Gasteiger partial charge in [-0.1, -0.05) is 25.1 Å². The summed E-state index contributed by atoms with van der Waals surface area (Å²) < 4.78 is 0. The van der Waals surface area contributed by atoms with Crippen LogP contribution in [0.3, 0.4) is 0 Å². The fourth-order valence-corrected chi connectivity index (χ4v) is 2.56. The van der Waals surface area contributed by atoms with Crippen LogP contribution in [0.5, 0.6) is 0 Å². The van der Waals surface area contributed by atoms with Gasteiger partial charge < -0.3 is 10.4 Å². The van der Waals surface area contributed by atoms with Crippen molar-refractivity contribution < 1.29 is 5.11 Å². The van der Waals surface area contributed by atoms with Gasteiger partial charge in [-0.25, -0.2) is 4.98 Å². The summed E-state index contributed by atoms with van der Waals surface area (Å²) in [6.45, 7) is 2.23. The molecule has 1 atom stereocenters. The number of anilines is 1. The third-order valence-corrected chi connectivity index (χ3v) is 4.02. The molecule has 2 aromatic rings. The van der Waals surface area contributed by atoms with E-state index in [0.717, 1.165) is 22.5 Å². The lowest BCUT2D eigenvalue weighted by atomic mass is 10.1. The molecule has 1 aromatic heterocycles. The normalized spacial score (nSPS) is 12.6. The third-order valence-electron chi connectivity index (χ3n) is 2.82. The van der Waals surface area contributed by atoms with Crippen molar-refractivity contribution in [3.63, 3.8) is 0 Å². The first-order valence-electron chi connectivity index (χ1n) is 6.03. The molecule has 0 aliphatic rings. The van der Waals surface area contributed by atoms with E-state index in [1.54, 1.807) is 11.8 Å². The van der Waals surface area contributed by atoms with Crippen LogP contribution in [0.4, 0.5) is 5.82 Å². The van der Waals surface area contributed by atoms with Gasteiger partial charge in [0.1, 0.15) is 5.82 Å². The number of thioether (sulfide) groups is 1. The molecular formula is C14H18N2OS. The van der Waals surface area contributed by atoms with Gasteiger partial charge >= 0.3 is 0 Å². The Morgan fingerprint density at radius 2 is 2.17 bits per heavy atom. The minimum atomic E-state index is 0.209. The average molecular weight is 262 g/mol. The third kappa shape index (κ3) is 2.94. The molecule has 3 nitrogen and oxygen atoms in total. The van der Waals surface area contributed by atoms with Crippen LogP contribution in [-0.4, -0.2) is 29.0 Å². The van der Waals surface area contributed by atoms with E-state index in [2.05, 4.69) is 22.4 Å². The molecule has 4 heteroatoms. The largest absolute Gasteiger partial charge is 0.395 e. The molecule has 0 aliphatic carbocycles. The number of nitrogens with zero attached hydrogens (tertiary/aromatic N) is 1. The molecular weight excluding hydrogens is 244 g/mol. The van der Waals surface area contributed by atoms with Crippen LogP contribution in [0.15, 0.2) is 30.3 Å². The number of aliphatic hydroxyl groups excluding tert-OH is 1. The molecule has 0 radical (unpaired) electrons. The number of para-hydroxylation sites is 1. The standard InChI is InChI=1S/C14H18N2OS/c1-10(8-17)18-9-12-7-11-5-3-4-6-13(11)16-14(12)15-2/h3-7,10,17H,8-9H2,1-2H3,(H,15,16). The predicted octanol–water partition coefficient (Wildman–Crippen LogP) is 2.89. The van der Waals surface area contributed by atoms with E-state index in [1.807, 2.05) is 32.2 Å². The smallest absolute Gasteiger partial charge is 0.130 e. The number of aliphatic hydroxyl groups is 1. The molecule has 2 N–H and O–H groups in total. The Kier molecular flexibility index (Phi) is 4.44. The van der Waals surface area contributed by atoms with Crippen molar-refractivity contribution >= 4 is 28.5 Å². The van der Waals surface area contributed by atoms with Crippen molar-refractivity contribution in [2.24, 2.45) is 0 Å². The Labute approximate surface area is 112 Å². The topological polar surface area (TPSA) is 45.2 Å². The highest BCUT2D eigenvalue weighted by Crippen LogP contribution is 2.25. The zero-order valence-electron chi connectivity index (χ0n) is 10.7. The second kappa shape index (κ2) is 6.07. The lowest BCUT2D eigenvalue weighted by molar-refractivity contribution is 0.300. The summed E-state index contributed by atoms with van der Waals surface area (Å²) in [5.74, 6) is 1.78. The Morgan fingerprint density at radius 1 is 1.39 bits per heavy atom. The van der Waals surface area contributed by atoms with Crippen molar-refractivity contribution in [2.75, 3.05) is 19.0 Å². The van der Waals surface area contributed by atoms with Crippen molar-refractivity contribution in [1.82, 2.24) is 4.98 Å². The van der Waals surface area contributed by atoms with Crippen LogP contribution in [0, 0.1) is 0 Å². The molecule has 0 bridgehead atoms. The molecule has 0 saturated heterocycles. The average Bonchev–Trinajstić information content (AvgIpc) is 2.43. The summed E-state index contributed by atoms with van der Waals surface area (Å²) in [6, 6.07) is 10.3. The van der Waals surface area contributed by atoms with Crippen molar-refractivity contribution in [3.05, 3.63) is 35.9 Å². The van der Waals surface area contributed by atoms with Crippen LogP contribution in [0.2, 0.25) is 0 Å². The van der Waals surface area contributed by atoms with Gasteiger partial charge in [0.05, 0.1) is 12.1 Å². The Bertz CT molecular complexity index is 530. The van der Waals surface area contributed by atoms with Gasteiger partial charge in [-0.2, -0.15) is 11.8 Å². The van der Waals surface area contributed by atoms with Crippen molar-refractivity contribution in [2.45, 2.75) is 17.9 Å². The number of rotatable bonds is 5. The number of fused-ring (bicyclic) bond motifs is 1. The molecule has 0 fully saturated rings. The molecule has 0 amide bonds. The second-order valence-corrected chi connectivity index (χ2v) is 5.67. The van der Waals surface area contributed by atoms with E-state index in [4.69, 9.17) is 5.11 Å². The summed E-state index contributed by atoms with van der Waals surface area (Å²) in [7, 11) is 1.89. The minimum absolute atomic E-state index is 0.209. The summed E-state index contributed by atoms with van der Waals surface area (Å²) in [4.78, 5) is 4.61. The van der Waals surface area contributed by atoms with Crippen LogP contribution >= 0.6 is 11.8 Å². The second-order valence-electron chi connectivity index (χ2n) is 4.24.